The van der Waals surface area contributed by atoms with Crippen LogP contribution in [0.15, 0.2) is 48.0 Å². The molecule has 1 aromatic heterocycles. The number of aliphatic carboxylic acids is 1. The van der Waals surface area contributed by atoms with E-state index in [1.54, 1.807) is 13.0 Å². The van der Waals surface area contributed by atoms with Crippen molar-refractivity contribution in [1.82, 2.24) is 4.98 Å². The molecule has 3 aromatic rings. The van der Waals surface area contributed by atoms with Crippen molar-refractivity contribution in [2.75, 3.05) is 25.2 Å². The highest BCUT2D eigenvalue weighted by atomic mass is 32.1. The predicted molar refractivity (Wildman–Crippen MR) is 147 cm³/mol. The Kier molecular flexibility index (Phi) is 8.51. The largest absolute Gasteiger partial charge is 0.507 e. The highest BCUT2D eigenvalue weighted by molar-refractivity contribution is 7.17. The first-order chi connectivity index (χ1) is 19.9. The van der Waals surface area contributed by atoms with Gasteiger partial charge in [0.15, 0.2) is 16.6 Å². The summed E-state index contributed by atoms with van der Waals surface area (Å²) in [5.74, 6) is -3.27. The van der Waals surface area contributed by atoms with Crippen molar-refractivity contribution in [2.45, 2.75) is 19.9 Å². The van der Waals surface area contributed by atoms with E-state index in [0.717, 1.165) is 23.2 Å². The van der Waals surface area contributed by atoms with Crippen molar-refractivity contribution >= 4 is 51.5 Å². The lowest BCUT2D eigenvalue weighted by Crippen LogP contribution is -2.29. The molecule has 1 atom stereocenters. The van der Waals surface area contributed by atoms with Crippen LogP contribution in [-0.4, -0.2) is 64.1 Å². The third-order valence-electron chi connectivity index (χ3n) is 6.02. The number of non-ortho nitro benzene ring substituents is 1. The van der Waals surface area contributed by atoms with Gasteiger partial charge in [-0.15, -0.1) is 0 Å². The Hall–Kier alpha value is -5.31. The van der Waals surface area contributed by atoms with Gasteiger partial charge >= 0.3 is 11.9 Å². The van der Waals surface area contributed by atoms with Crippen molar-refractivity contribution in [1.29, 1.82) is 0 Å². The lowest BCUT2D eigenvalue weighted by molar-refractivity contribution is -0.384. The van der Waals surface area contributed by atoms with Gasteiger partial charge in [-0.05, 0) is 30.7 Å². The number of amides is 1. The number of nitro benzene ring substituents is 1. The highest BCUT2D eigenvalue weighted by Crippen LogP contribution is 2.45. The zero-order chi connectivity index (χ0) is 30.7. The van der Waals surface area contributed by atoms with Crippen LogP contribution in [0.25, 0.3) is 5.76 Å². The Balaban J connectivity index is 0.000000952. The number of methoxy groups -OCH3 is 1. The van der Waals surface area contributed by atoms with Crippen molar-refractivity contribution in [3.63, 3.8) is 0 Å². The molecule has 0 aliphatic carbocycles. The average molecular weight is 598 g/mol. The molecule has 0 spiro atoms. The number of benzene rings is 2. The first-order valence-corrected chi connectivity index (χ1v) is 13.0. The normalized spacial score (nSPS) is 16.8. The predicted octanol–water partition coefficient (Wildman–Crippen LogP) is 3.63. The molecule has 2 aliphatic rings. The fourth-order valence-electron chi connectivity index (χ4n) is 4.27. The number of aliphatic hydroxyl groups is 1. The molecular weight excluding hydrogens is 574 g/mol. The fourth-order valence-corrected chi connectivity index (χ4v) is 5.28. The van der Waals surface area contributed by atoms with E-state index < -0.39 is 40.4 Å². The third kappa shape index (κ3) is 5.76. The second-order valence-corrected chi connectivity index (χ2v) is 9.78. The SMILES string of the molecule is CC(=O)O.COC(=O)c1sc(N2C(=O)C(=O)/C(=C(/O)c3ccc4c(c3)OCCO4)C2c2cccc([N+](=O)[O-])c2)nc1C. The van der Waals surface area contributed by atoms with E-state index in [4.69, 9.17) is 24.1 Å². The number of aliphatic hydroxyl groups excluding tert-OH is 1. The van der Waals surface area contributed by atoms with Gasteiger partial charge in [0, 0.05) is 24.6 Å². The summed E-state index contributed by atoms with van der Waals surface area (Å²) in [6.45, 7) is 3.28. The molecule has 14 nitrogen and oxygen atoms in total. The Morgan fingerprint density at radius 1 is 1.12 bits per heavy atom. The van der Waals surface area contributed by atoms with E-state index in [9.17, 15) is 29.6 Å². The number of esters is 1. The molecule has 42 heavy (non-hydrogen) atoms. The van der Waals surface area contributed by atoms with Crippen LogP contribution >= 0.6 is 11.3 Å². The molecule has 0 saturated carbocycles. The first kappa shape index (κ1) is 29.7. The number of carboxylic acid groups (broad SMARTS) is 1. The molecule has 2 aliphatic heterocycles. The van der Waals surface area contributed by atoms with Gasteiger partial charge < -0.3 is 24.4 Å². The van der Waals surface area contributed by atoms with Crippen LogP contribution in [0.4, 0.5) is 10.8 Å². The van der Waals surface area contributed by atoms with Gasteiger partial charge in [-0.3, -0.25) is 29.4 Å². The number of fused-ring (bicyclic) bond motifs is 1. The molecule has 0 radical (unpaired) electrons. The minimum atomic E-state index is -1.28. The molecule has 1 saturated heterocycles. The number of nitro groups is 1. The number of hydrogen-bond donors (Lipinski definition) is 2. The first-order valence-electron chi connectivity index (χ1n) is 12.1. The van der Waals surface area contributed by atoms with E-state index in [2.05, 4.69) is 4.98 Å². The molecule has 218 valence electrons. The van der Waals surface area contributed by atoms with Crippen LogP contribution in [0.1, 0.15) is 39.5 Å². The highest BCUT2D eigenvalue weighted by Gasteiger charge is 2.48. The van der Waals surface area contributed by atoms with E-state index in [-0.39, 0.29) is 38.1 Å². The summed E-state index contributed by atoms with van der Waals surface area (Å²) in [7, 11) is 1.20. The van der Waals surface area contributed by atoms with Crippen LogP contribution in [0, 0.1) is 17.0 Å². The number of ether oxygens (including phenoxy) is 3. The zero-order valence-corrected chi connectivity index (χ0v) is 23.2. The minimum absolute atomic E-state index is 0.0114. The van der Waals surface area contributed by atoms with E-state index in [1.807, 2.05) is 0 Å². The van der Waals surface area contributed by atoms with Gasteiger partial charge in [0.25, 0.3) is 17.4 Å². The summed E-state index contributed by atoms with van der Waals surface area (Å²) in [6.07, 6.45) is 0. The maximum absolute atomic E-state index is 13.4. The lowest BCUT2D eigenvalue weighted by atomic mass is 9.95. The van der Waals surface area contributed by atoms with Crippen LogP contribution < -0.4 is 14.4 Å². The third-order valence-corrected chi connectivity index (χ3v) is 7.16. The molecular formula is C27H23N3O11S. The number of rotatable bonds is 5. The number of carbonyl (C=O) groups excluding carboxylic acids is 3. The zero-order valence-electron chi connectivity index (χ0n) is 22.4. The standard InChI is InChI=1S/C25H19N3O9S.C2H4O2/c1-12-22(24(32)35-2)38-25(26-12)27-19(13-4-3-5-15(10-13)28(33)34)18(21(30)23(27)31)20(29)14-6-7-16-17(11-14)37-9-8-36-16;1-2(3)4/h3-7,10-11,19,29H,8-9H2,1-2H3;1H3,(H,3,4)/b20-18+;. The van der Waals surface area contributed by atoms with Gasteiger partial charge in [0.2, 0.25) is 0 Å². The summed E-state index contributed by atoms with van der Waals surface area (Å²) < 4.78 is 15.8. The molecule has 5 rings (SSSR count). The summed E-state index contributed by atoms with van der Waals surface area (Å²) in [5.41, 5.74) is 0.0410. The van der Waals surface area contributed by atoms with Crippen molar-refractivity contribution in [3.8, 4) is 11.5 Å². The quantitative estimate of drug-likeness (QED) is 0.108. The molecule has 2 aromatic carbocycles. The molecule has 0 bridgehead atoms. The Morgan fingerprint density at radius 2 is 1.79 bits per heavy atom. The number of carbonyl (C=O) groups is 4. The summed E-state index contributed by atoms with van der Waals surface area (Å²) >= 11 is 0.825. The molecule has 2 N–H and O–H groups in total. The van der Waals surface area contributed by atoms with Crippen molar-refractivity contribution in [3.05, 3.63) is 79.8 Å². The number of aryl methyl sites for hydroxylation is 1. The second kappa shape index (κ2) is 12.1. The number of Topliss-reactive ketones (excluding diaryl/α,β-unsaturated/α-hetero) is 1. The van der Waals surface area contributed by atoms with Crippen LogP contribution in [0.5, 0.6) is 11.5 Å². The Morgan fingerprint density at radius 3 is 2.43 bits per heavy atom. The average Bonchev–Trinajstić information content (AvgIpc) is 3.47. The van der Waals surface area contributed by atoms with Crippen molar-refractivity contribution < 1.29 is 48.5 Å². The molecule has 1 fully saturated rings. The lowest BCUT2D eigenvalue weighted by Gasteiger charge is -2.23. The van der Waals surface area contributed by atoms with Crippen molar-refractivity contribution in [2.24, 2.45) is 0 Å². The number of nitrogens with zero attached hydrogens (tertiary/aromatic N) is 3. The number of hydrogen-bond acceptors (Lipinski definition) is 12. The van der Waals surface area contributed by atoms with E-state index in [1.165, 1.54) is 43.5 Å². The monoisotopic (exact) mass is 597 g/mol. The molecule has 15 heteroatoms. The number of thiazole rings is 1. The van der Waals surface area contributed by atoms with Crippen LogP contribution in [-0.2, 0) is 19.1 Å². The molecule has 1 amide bonds. The van der Waals surface area contributed by atoms with Gasteiger partial charge in [-0.25, -0.2) is 9.78 Å². The maximum atomic E-state index is 13.4. The van der Waals surface area contributed by atoms with Gasteiger partial charge in [0.1, 0.15) is 23.9 Å². The van der Waals surface area contributed by atoms with Gasteiger partial charge in [-0.2, -0.15) is 0 Å². The van der Waals surface area contributed by atoms with Gasteiger partial charge in [0.05, 0.1) is 29.3 Å². The molecule has 1 unspecified atom stereocenters. The van der Waals surface area contributed by atoms with Crippen LogP contribution in [0.2, 0.25) is 0 Å². The maximum Gasteiger partial charge on any atom is 0.350 e. The second-order valence-electron chi connectivity index (χ2n) is 8.80. The number of aromatic nitrogens is 1. The topological polar surface area (TPSA) is 196 Å². The fraction of sp³-hybridized carbons (Fsp3) is 0.222. The van der Waals surface area contributed by atoms with E-state index in [0.29, 0.717) is 24.7 Å². The number of carboxylic acids is 1. The number of anilines is 1. The Bertz CT molecular complexity index is 1640. The van der Waals surface area contributed by atoms with E-state index >= 15 is 0 Å². The Labute approximate surface area is 241 Å². The summed E-state index contributed by atoms with van der Waals surface area (Å²) in [5, 5.41) is 30.2. The minimum Gasteiger partial charge on any atom is -0.507 e. The smallest absolute Gasteiger partial charge is 0.350 e. The number of ketones is 1. The summed E-state index contributed by atoms with van der Waals surface area (Å²) in [4.78, 5) is 64.2. The van der Waals surface area contributed by atoms with Crippen LogP contribution in [0.3, 0.4) is 0 Å². The molecule has 3 heterocycles. The summed E-state index contributed by atoms with van der Waals surface area (Å²) in [6, 6.07) is 8.64. The van der Waals surface area contributed by atoms with Gasteiger partial charge in [-0.1, -0.05) is 23.5 Å².